The number of hydrogen-bond donors (Lipinski definition) is 2. The molecule has 1 aromatic rings. The topological polar surface area (TPSA) is 92.5 Å². The number of nitrogens with two attached hydrogens (primary N) is 1. The summed E-state index contributed by atoms with van der Waals surface area (Å²) in [6, 6.07) is 7.85. The zero-order valence-corrected chi connectivity index (χ0v) is 15.7. The fraction of sp³-hybridized carbons (Fsp3) is 0.571. The van der Waals surface area contributed by atoms with Crippen LogP contribution < -0.4 is 11.1 Å². The largest absolute Gasteiger partial charge is 0.345 e. The molecular formula is C21H29N3O3. The lowest BCUT2D eigenvalue weighted by atomic mass is 9.98. The number of nitrogens with zero attached hydrogens (tertiary/aromatic N) is 1. The summed E-state index contributed by atoms with van der Waals surface area (Å²) in [5, 5.41) is 2.83. The number of nitrogens with one attached hydrogen (secondary N) is 1. The van der Waals surface area contributed by atoms with Gasteiger partial charge in [0.15, 0.2) is 5.78 Å². The number of carbonyl (C=O) groups is 3. The minimum absolute atomic E-state index is 0.0243. The second kappa shape index (κ2) is 9.13. The van der Waals surface area contributed by atoms with Crippen LogP contribution in [0.4, 0.5) is 0 Å². The van der Waals surface area contributed by atoms with Crippen LogP contribution >= 0.6 is 0 Å². The molecule has 0 radical (unpaired) electrons. The van der Waals surface area contributed by atoms with E-state index in [0.29, 0.717) is 37.3 Å². The fourth-order valence-electron chi connectivity index (χ4n) is 4.10. The lowest BCUT2D eigenvalue weighted by Gasteiger charge is -2.21. The normalized spacial score (nSPS) is 22.3. The van der Waals surface area contributed by atoms with Crippen molar-refractivity contribution in [2.75, 3.05) is 13.1 Å². The second-order valence-electron chi connectivity index (χ2n) is 7.76. The van der Waals surface area contributed by atoms with Gasteiger partial charge >= 0.3 is 0 Å². The van der Waals surface area contributed by atoms with Gasteiger partial charge in [0.05, 0.1) is 18.6 Å². The summed E-state index contributed by atoms with van der Waals surface area (Å²) in [6.07, 6.45) is 6.61. The number of ketones is 1. The Labute approximate surface area is 160 Å². The SMILES string of the molecule is N[C@@H](CC1CCCC1)C(=O)NC1CCCN(C(=O)c2ccccc2)CC1=O. The summed E-state index contributed by atoms with van der Waals surface area (Å²) in [5.41, 5.74) is 6.64. The maximum atomic E-state index is 12.6. The highest BCUT2D eigenvalue weighted by molar-refractivity contribution is 5.99. The van der Waals surface area contributed by atoms with Crippen LogP contribution in [0.1, 0.15) is 55.3 Å². The third-order valence-electron chi connectivity index (χ3n) is 5.68. The number of benzene rings is 1. The van der Waals surface area contributed by atoms with E-state index in [1.807, 2.05) is 18.2 Å². The van der Waals surface area contributed by atoms with Crippen LogP contribution in [0.5, 0.6) is 0 Å². The fourth-order valence-corrected chi connectivity index (χ4v) is 4.10. The Morgan fingerprint density at radius 1 is 1.11 bits per heavy atom. The number of likely N-dealkylation sites (tertiary alicyclic amines) is 1. The molecule has 1 saturated carbocycles. The van der Waals surface area contributed by atoms with Gasteiger partial charge < -0.3 is 16.0 Å². The van der Waals surface area contributed by atoms with Crippen LogP contribution in [0.25, 0.3) is 0 Å². The number of Topliss-reactive ketones (excluding diaryl/α,β-unsaturated/α-hetero) is 1. The zero-order valence-electron chi connectivity index (χ0n) is 15.7. The van der Waals surface area contributed by atoms with E-state index >= 15 is 0 Å². The molecule has 1 aliphatic heterocycles. The van der Waals surface area contributed by atoms with Gasteiger partial charge in [-0.2, -0.15) is 0 Å². The van der Waals surface area contributed by atoms with Gasteiger partial charge in [-0.3, -0.25) is 14.4 Å². The molecule has 1 saturated heterocycles. The third kappa shape index (κ3) is 5.16. The third-order valence-corrected chi connectivity index (χ3v) is 5.68. The molecular weight excluding hydrogens is 342 g/mol. The summed E-state index contributed by atoms with van der Waals surface area (Å²) in [5.74, 6) is 0.00437. The first-order valence-electron chi connectivity index (χ1n) is 9.97. The van der Waals surface area contributed by atoms with Crippen LogP contribution in [-0.2, 0) is 9.59 Å². The van der Waals surface area contributed by atoms with Crippen molar-refractivity contribution in [1.29, 1.82) is 0 Å². The van der Waals surface area contributed by atoms with Crippen molar-refractivity contribution in [3.05, 3.63) is 35.9 Å². The molecule has 0 aromatic heterocycles. The molecule has 0 bridgehead atoms. The van der Waals surface area contributed by atoms with Gasteiger partial charge in [-0.25, -0.2) is 0 Å². The Hall–Kier alpha value is -2.21. The van der Waals surface area contributed by atoms with Crippen LogP contribution in [-0.4, -0.2) is 47.7 Å². The molecule has 2 amide bonds. The molecule has 2 fully saturated rings. The molecule has 1 aromatic carbocycles. The number of amides is 2. The van der Waals surface area contributed by atoms with Gasteiger partial charge in [-0.1, -0.05) is 43.9 Å². The molecule has 1 heterocycles. The molecule has 0 spiro atoms. The minimum Gasteiger partial charge on any atom is -0.345 e. The molecule has 1 aliphatic carbocycles. The van der Waals surface area contributed by atoms with E-state index in [2.05, 4.69) is 5.32 Å². The van der Waals surface area contributed by atoms with Gasteiger partial charge in [0.25, 0.3) is 5.91 Å². The van der Waals surface area contributed by atoms with Gasteiger partial charge in [-0.15, -0.1) is 0 Å². The van der Waals surface area contributed by atoms with Crippen molar-refractivity contribution in [2.24, 2.45) is 11.7 Å². The zero-order chi connectivity index (χ0) is 19.2. The van der Waals surface area contributed by atoms with Crippen molar-refractivity contribution in [3.63, 3.8) is 0 Å². The monoisotopic (exact) mass is 371 g/mol. The van der Waals surface area contributed by atoms with E-state index in [9.17, 15) is 14.4 Å². The average molecular weight is 371 g/mol. The Morgan fingerprint density at radius 2 is 1.81 bits per heavy atom. The summed E-state index contributed by atoms with van der Waals surface area (Å²) in [6.45, 7) is 0.538. The smallest absolute Gasteiger partial charge is 0.254 e. The van der Waals surface area contributed by atoms with Crippen molar-refractivity contribution < 1.29 is 14.4 Å². The van der Waals surface area contributed by atoms with E-state index in [-0.39, 0.29) is 24.1 Å². The number of rotatable bonds is 5. The minimum atomic E-state index is -0.564. The maximum absolute atomic E-state index is 12.6. The quantitative estimate of drug-likeness (QED) is 0.827. The van der Waals surface area contributed by atoms with Gasteiger partial charge in [0, 0.05) is 12.1 Å². The molecule has 27 heavy (non-hydrogen) atoms. The average Bonchev–Trinajstić information content (AvgIpc) is 3.12. The summed E-state index contributed by atoms with van der Waals surface area (Å²) >= 11 is 0. The highest BCUT2D eigenvalue weighted by Crippen LogP contribution is 2.28. The molecule has 3 N–H and O–H groups in total. The Balaban J connectivity index is 1.54. The molecule has 1 unspecified atom stereocenters. The van der Waals surface area contributed by atoms with Crippen LogP contribution in [0, 0.1) is 5.92 Å². The van der Waals surface area contributed by atoms with Gasteiger partial charge in [-0.05, 0) is 37.3 Å². The Bertz CT molecular complexity index is 671. The second-order valence-corrected chi connectivity index (χ2v) is 7.76. The van der Waals surface area contributed by atoms with Crippen molar-refractivity contribution in [2.45, 2.75) is 57.0 Å². The van der Waals surface area contributed by atoms with Crippen molar-refractivity contribution >= 4 is 17.6 Å². The molecule has 3 rings (SSSR count). The Morgan fingerprint density at radius 3 is 2.52 bits per heavy atom. The lowest BCUT2D eigenvalue weighted by Crippen LogP contribution is -2.50. The predicted octanol–water partition coefficient (Wildman–Crippen LogP) is 1.88. The first kappa shape index (κ1) is 19.5. The molecule has 6 heteroatoms. The van der Waals surface area contributed by atoms with Crippen LogP contribution in [0.2, 0.25) is 0 Å². The van der Waals surface area contributed by atoms with Crippen LogP contribution in [0.15, 0.2) is 30.3 Å². The number of hydrogen-bond acceptors (Lipinski definition) is 4. The molecule has 2 aliphatic rings. The summed E-state index contributed by atoms with van der Waals surface area (Å²) < 4.78 is 0. The first-order chi connectivity index (χ1) is 13.0. The summed E-state index contributed by atoms with van der Waals surface area (Å²) in [7, 11) is 0. The molecule has 146 valence electrons. The predicted molar refractivity (Wildman–Crippen MR) is 103 cm³/mol. The maximum Gasteiger partial charge on any atom is 0.254 e. The van der Waals surface area contributed by atoms with Crippen molar-refractivity contribution in [1.82, 2.24) is 10.2 Å². The molecule has 6 nitrogen and oxygen atoms in total. The standard InChI is InChI=1S/C21H29N3O3/c22-17(13-15-7-4-5-8-15)20(26)23-18-11-6-12-24(14-19(18)25)21(27)16-9-2-1-3-10-16/h1-3,9-10,15,17-18H,4-8,11-14,22H2,(H,23,26)/t17-,18?/m0/s1. The highest BCUT2D eigenvalue weighted by atomic mass is 16.2. The number of carbonyl (C=O) groups excluding carboxylic acids is 3. The van der Waals surface area contributed by atoms with E-state index in [0.717, 1.165) is 12.8 Å². The highest BCUT2D eigenvalue weighted by Gasteiger charge is 2.30. The molecule has 2 atom stereocenters. The van der Waals surface area contributed by atoms with Gasteiger partial charge in [0.2, 0.25) is 5.91 Å². The summed E-state index contributed by atoms with van der Waals surface area (Å²) in [4.78, 5) is 39.2. The van der Waals surface area contributed by atoms with Gasteiger partial charge in [0.1, 0.15) is 0 Å². The lowest BCUT2D eigenvalue weighted by molar-refractivity contribution is -0.128. The van der Waals surface area contributed by atoms with E-state index in [1.54, 1.807) is 17.0 Å². The first-order valence-corrected chi connectivity index (χ1v) is 9.97. The van der Waals surface area contributed by atoms with E-state index in [1.165, 1.54) is 12.8 Å². The van der Waals surface area contributed by atoms with E-state index in [4.69, 9.17) is 5.73 Å². The van der Waals surface area contributed by atoms with Crippen molar-refractivity contribution in [3.8, 4) is 0 Å². The van der Waals surface area contributed by atoms with E-state index < -0.39 is 12.1 Å². The van der Waals surface area contributed by atoms with Crippen LogP contribution in [0.3, 0.4) is 0 Å². The Kier molecular flexibility index (Phi) is 6.61.